The van der Waals surface area contributed by atoms with Crippen molar-refractivity contribution in [2.75, 3.05) is 0 Å². The second-order valence-electron chi connectivity index (χ2n) is 1.69. The molecule has 0 aliphatic rings. The van der Waals surface area contributed by atoms with Crippen LogP contribution in [0.15, 0.2) is 18.2 Å². The van der Waals surface area contributed by atoms with E-state index in [1.54, 1.807) is 18.2 Å². The predicted molar refractivity (Wildman–Crippen MR) is 43.7 cm³/mol. The van der Waals surface area contributed by atoms with Crippen molar-refractivity contribution in [2.45, 2.75) is 4.84 Å². The SMILES string of the molecule is Clc1cccc(C(Cl)Cl)n1. The second-order valence-corrected chi connectivity index (χ2v) is 3.17. The molecule has 1 rings (SSSR count). The van der Waals surface area contributed by atoms with Crippen LogP contribution in [0.5, 0.6) is 0 Å². The first-order valence-electron chi connectivity index (χ1n) is 2.61. The van der Waals surface area contributed by atoms with Crippen LogP contribution in [0.4, 0.5) is 0 Å². The highest BCUT2D eigenvalue weighted by molar-refractivity contribution is 6.43. The fraction of sp³-hybridized carbons (Fsp3) is 0.167. The van der Waals surface area contributed by atoms with E-state index in [2.05, 4.69) is 4.98 Å². The predicted octanol–water partition coefficient (Wildman–Crippen LogP) is 3.21. The summed E-state index contributed by atoms with van der Waals surface area (Å²) in [4.78, 5) is 3.28. The number of hydrogen-bond acceptors (Lipinski definition) is 1. The van der Waals surface area contributed by atoms with Gasteiger partial charge >= 0.3 is 0 Å². The molecule has 0 saturated heterocycles. The Morgan fingerprint density at radius 1 is 1.30 bits per heavy atom. The Labute approximate surface area is 73.9 Å². The molecule has 4 heteroatoms. The normalized spacial score (nSPS) is 10.4. The zero-order chi connectivity index (χ0) is 7.56. The van der Waals surface area contributed by atoms with Crippen molar-refractivity contribution >= 4 is 34.8 Å². The third kappa shape index (κ3) is 2.01. The van der Waals surface area contributed by atoms with E-state index in [1.165, 1.54) is 0 Å². The summed E-state index contributed by atoms with van der Waals surface area (Å²) in [7, 11) is 0. The molecule has 0 N–H and O–H groups in total. The third-order valence-electron chi connectivity index (χ3n) is 0.960. The number of rotatable bonds is 1. The summed E-state index contributed by atoms with van der Waals surface area (Å²) in [5, 5.41) is 0.406. The largest absolute Gasteiger partial charge is 0.238 e. The van der Waals surface area contributed by atoms with Crippen LogP contribution < -0.4 is 0 Å². The number of alkyl halides is 2. The van der Waals surface area contributed by atoms with E-state index in [0.717, 1.165) is 0 Å². The summed E-state index contributed by atoms with van der Waals surface area (Å²) in [5.41, 5.74) is 0.579. The van der Waals surface area contributed by atoms with Crippen LogP contribution in [0.25, 0.3) is 0 Å². The molecule has 0 atom stereocenters. The number of hydrogen-bond donors (Lipinski definition) is 0. The first-order valence-corrected chi connectivity index (χ1v) is 3.86. The minimum atomic E-state index is -0.598. The molecule has 10 heavy (non-hydrogen) atoms. The summed E-state index contributed by atoms with van der Waals surface area (Å²) in [6.45, 7) is 0. The van der Waals surface area contributed by atoms with Gasteiger partial charge in [-0.1, -0.05) is 40.9 Å². The maximum atomic E-state index is 5.56. The van der Waals surface area contributed by atoms with Gasteiger partial charge in [-0.15, -0.1) is 0 Å². The van der Waals surface area contributed by atoms with Crippen LogP contribution in [-0.4, -0.2) is 4.98 Å². The Bertz CT molecular complexity index is 224. The Balaban J connectivity index is 2.96. The maximum absolute atomic E-state index is 5.56. The van der Waals surface area contributed by atoms with Crippen molar-refractivity contribution in [1.29, 1.82) is 0 Å². The first-order chi connectivity index (χ1) is 4.70. The van der Waals surface area contributed by atoms with E-state index < -0.39 is 4.84 Å². The molecule has 0 fully saturated rings. The zero-order valence-corrected chi connectivity index (χ0v) is 7.16. The van der Waals surface area contributed by atoms with Crippen molar-refractivity contribution < 1.29 is 0 Å². The molecule has 1 aromatic rings. The van der Waals surface area contributed by atoms with Gasteiger partial charge < -0.3 is 0 Å². The Kier molecular flexibility index (Phi) is 2.78. The van der Waals surface area contributed by atoms with Gasteiger partial charge in [0.15, 0.2) is 0 Å². The van der Waals surface area contributed by atoms with Crippen molar-refractivity contribution in [3.8, 4) is 0 Å². The average Bonchev–Trinajstić information content (AvgIpc) is 1.88. The van der Waals surface area contributed by atoms with E-state index in [0.29, 0.717) is 10.8 Å². The lowest BCUT2D eigenvalue weighted by Gasteiger charge is -1.98. The molecular formula is C6H4Cl3N. The zero-order valence-electron chi connectivity index (χ0n) is 4.89. The molecule has 1 nitrogen and oxygen atoms in total. The van der Waals surface area contributed by atoms with Crippen LogP contribution in [0.3, 0.4) is 0 Å². The Hall–Kier alpha value is 0.0200. The molecule has 0 aromatic carbocycles. The molecule has 0 spiro atoms. The quantitative estimate of drug-likeness (QED) is 0.496. The van der Waals surface area contributed by atoms with Crippen molar-refractivity contribution in [3.63, 3.8) is 0 Å². The van der Waals surface area contributed by atoms with E-state index in [4.69, 9.17) is 34.8 Å². The van der Waals surface area contributed by atoms with E-state index >= 15 is 0 Å². The van der Waals surface area contributed by atoms with Crippen molar-refractivity contribution in [2.24, 2.45) is 0 Å². The van der Waals surface area contributed by atoms with Gasteiger partial charge in [-0.3, -0.25) is 0 Å². The van der Waals surface area contributed by atoms with E-state index in [1.807, 2.05) is 0 Å². The van der Waals surface area contributed by atoms with Gasteiger partial charge in [0.05, 0.1) is 5.69 Å². The molecule has 0 aliphatic heterocycles. The highest BCUT2D eigenvalue weighted by Gasteiger charge is 2.03. The lowest BCUT2D eigenvalue weighted by molar-refractivity contribution is 1.15. The summed E-state index contributed by atoms with van der Waals surface area (Å²) in [5.74, 6) is 0. The molecule has 1 aromatic heterocycles. The molecule has 0 radical (unpaired) electrons. The number of aromatic nitrogens is 1. The molecule has 0 bridgehead atoms. The fourth-order valence-corrected chi connectivity index (χ4v) is 0.959. The van der Waals surface area contributed by atoms with Crippen molar-refractivity contribution in [1.82, 2.24) is 4.98 Å². The van der Waals surface area contributed by atoms with Gasteiger partial charge in [-0.05, 0) is 12.1 Å². The Morgan fingerprint density at radius 3 is 2.40 bits per heavy atom. The minimum absolute atomic E-state index is 0.406. The molecule has 0 amide bonds. The number of nitrogens with zero attached hydrogens (tertiary/aromatic N) is 1. The molecule has 0 aliphatic carbocycles. The highest BCUT2D eigenvalue weighted by Crippen LogP contribution is 2.23. The van der Waals surface area contributed by atoms with Gasteiger partial charge in [-0.2, -0.15) is 0 Å². The van der Waals surface area contributed by atoms with Gasteiger partial charge in [-0.25, -0.2) is 4.98 Å². The molecule has 54 valence electrons. The summed E-state index contributed by atoms with van der Waals surface area (Å²) in [6.07, 6.45) is 0. The summed E-state index contributed by atoms with van der Waals surface area (Å²) in [6, 6.07) is 5.14. The van der Waals surface area contributed by atoms with Gasteiger partial charge in [0.1, 0.15) is 9.99 Å². The monoisotopic (exact) mass is 195 g/mol. The smallest absolute Gasteiger partial charge is 0.149 e. The molecule has 0 saturated carbocycles. The van der Waals surface area contributed by atoms with Gasteiger partial charge in [0, 0.05) is 0 Å². The standard InChI is InChI=1S/C6H4Cl3N/c7-5-3-1-2-4(10-5)6(8)9/h1-3,6H. The van der Waals surface area contributed by atoms with E-state index in [-0.39, 0.29) is 0 Å². The highest BCUT2D eigenvalue weighted by atomic mass is 35.5. The lowest BCUT2D eigenvalue weighted by atomic mass is 10.4. The summed E-state index contributed by atoms with van der Waals surface area (Å²) >= 11 is 16.6. The van der Waals surface area contributed by atoms with Crippen LogP contribution >= 0.6 is 34.8 Å². The fourth-order valence-electron chi connectivity index (χ4n) is 0.546. The molecule has 1 heterocycles. The van der Waals surface area contributed by atoms with Gasteiger partial charge in [0.2, 0.25) is 0 Å². The Morgan fingerprint density at radius 2 is 2.00 bits per heavy atom. The minimum Gasteiger partial charge on any atom is -0.238 e. The number of halogens is 3. The number of pyridine rings is 1. The van der Waals surface area contributed by atoms with Crippen LogP contribution in [0.1, 0.15) is 10.5 Å². The average molecular weight is 196 g/mol. The molecule has 0 unspecified atom stereocenters. The van der Waals surface area contributed by atoms with Crippen molar-refractivity contribution in [3.05, 3.63) is 29.0 Å². The first kappa shape index (κ1) is 8.12. The third-order valence-corrected chi connectivity index (χ3v) is 1.62. The lowest BCUT2D eigenvalue weighted by Crippen LogP contribution is -1.86. The van der Waals surface area contributed by atoms with Gasteiger partial charge in [0.25, 0.3) is 0 Å². The van der Waals surface area contributed by atoms with Crippen LogP contribution in [-0.2, 0) is 0 Å². The second kappa shape index (κ2) is 3.42. The van der Waals surface area contributed by atoms with Crippen LogP contribution in [0, 0.1) is 0 Å². The molecular weight excluding hydrogens is 192 g/mol. The maximum Gasteiger partial charge on any atom is 0.149 e. The topological polar surface area (TPSA) is 12.9 Å². The summed E-state index contributed by atoms with van der Waals surface area (Å²) < 4.78 is 0. The van der Waals surface area contributed by atoms with E-state index in [9.17, 15) is 0 Å². The van der Waals surface area contributed by atoms with Crippen LogP contribution in [0.2, 0.25) is 5.15 Å².